The van der Waals surface area contributed by atoms with E-state index in [-0.39, 0.29) is 5.08 Å². The summed E-state index contributed by atoms with van der Waals surface area (Å²) in [5.74, 6) is 0. The van der Waals surface area contributed by atoms with Crippen LogP contribution >= 0.6 is 21.7 Å². The number of aryl methyl sites for hydroxylation is 1. The number of nitrogens with zero attached hydrogens (tertiary/aromatic N) is 3. The molecular formula is C10H12ClN3OS2. The summed E-state index contributed by atoms with van der Waals surface area (Å²) in [6.07, 6.45) is 1.55. The summed E-state index contributed by atoms with van der Waals surface area (Å²) >= 11 is 0. The molecule has 1 aromatic rings. The Kier molecular flexibility index (Phi) is 4.92. The van der Waals surface area contributed by atoms with E-state index in [0.29, 0.717) is 16.4 Å². The average Bonchev–Trinajstić information content (AvgIpc) is 2.29. The summed E-state index contributed by atoms with van der Waals surface area (Å²) < 4.78 is 11.9. The smallest absolute Gasteiger partial charge is 0.149 e. The Morgan fingerprint density at radius 2 is 2.29 bits per heavy atom. The highest BCUT2D eigenvalue weighted by molar-refractivity contribution is 8.26. The van der Waals surface area contributed by atoms with Crippen LogP contribution in [0.1, 0.15) is 25.2 Å². The van der Waals surface area contributed by atoms with Gasteiger partial charge < -0.3 is 0 Å². The van der Waals surface area contributed by atoms with E-state index in [1.807, 2.05) is 0 Å². The van der Waals surface area contributed by atoms with Gasteiger partial charge in [0.15, 0.2) is 0 Å². The SMILES string of the molecule is Cc1ncc(C(C)(C)C#N)nc1S(=O)CSCl. The molecule has 1 unspecified atom stereocenters. The highest BCUT2D eigenvalue weighted by atomic mass is 35.7. The van der Waals surface area contributed by atoms with Crippen LogP contribution in [-0.4, -0.2) is 19.3 Å². The number of nitriles is 1. The standard InChI is InChI=1S/C10H12ClN3OS2/c1-7-9(17(15)6-16-11)14-8(4-13-7)10(2,3)5-12/h4H,6H2,1-3H3. The first-order valence-corrected chi connectivity index (χ1v) is 7.92. The molecule has 0 N–H and O–H groups in total. The van der Waals surface area contributed by atoms with Crippen LogP contribution in [0.25, 0.3) is 0 Å². The zero-order valence-electron chi connectivity index (χ0n) is 9.73. The third-order valence-corrected chi connectivity index (χ3v) is 5.03. The van der Waals surface area contributed by atoms with Gasteiger partial charge in [0.2, 0.25) is 0 Å². The largest absolute Gasteiger partial charge is 0.257 e. The van der Waals surface area contributed by atoms with E-state index in [1.54, 1.807) is 27.0 Å². The molecule has 92 valence electrons. The third-order valence-electron chi connectivity index (χ3n) is 2.20. The fourth-order valence-corrected chi connectivity index (χ4v) is 3.18. The molecule has 1 heterocycles. The van der Waals surface area contributed by atoms with Crippen molar-refractivity contribution in [2.24, 2.45) is 0 Å². The zero-order valence-corrected chi connectivity index (χ0v) is 12.1. The third kappa shape index (κ3) is 3.41. The Hall–Kier alpha value is -0.640. The Balaban J connectivity index is 3.21. The molecule has 1 atom stereocenters. The lowest BCUT2D eigenvalue weighted by Gasteiger charge is -2.15. The van der Waals surface area contributed by atoms with Gasteiger partial charge in [0.05, 0.1) is 45.0 Å². The predicted octanol–water partition coefficient (Wildman–Crippen LogP) is 2.54. The van der Waals surface area contributed by atoms with Gasteiger partial charge in [-0.05, 0) is 42.4 Å². The summed E-state index contributed by atoms with van der Waals surface area (Å²) in [7, 11) is 5.16. The van der Waals surface area contributed by atoms with Crippen LogP contribution in [-0.2, 0) is 16.2 Å². The van der Waals surface area contributed by atoms with Crippen molar-refractivity contribution >= 4 is 32.5 Å². The van der Waals surface area contributed by atoms with Gasteiger partial charge >= 0.3 is 0 Å². The molecular weight excluding hydrogens is 278 g/mol. The highest BCUT2D eigenvalue weighted by Crippen LogP contribution is 2.22. The van der Waals surface area contributed by atoms with E-state index in [9.17, 15) is 4.21 Å². The molecule has 0 aliphatic carbocycles. The van der Waals surface area contributed by atoms with Gasteiger partial charge in [0.25, 0.3) is 0 Å². The number of aromatic nitrogens is 2. The molecule has 0 saturated heterocycles. The molecule has 7 heteroatoms. The number of rotatable bonds is 4. The van der Waals surface area contributed by atoms with Gasteiger partial charge in [-0.15, -0.1) is 0 Å². The molecule has 0 spiro atoms. The van der Waals surface area contributed by atoms with E-state index >= 15 is 0 Å². The minimum atomic E-state index is -1.29. The van der Waals surface area contributed by atoms with E-state index in [0.717, 1.165) is 11.0 Å². The highest BCUT2D eigenvalue weighted by Gasteiger charge is 2.24. The maximum atomic E-state index is 11.9. The molecule has 0 aliphatic rings. The fourth-order valence-electron chi connectivity index (χ4n) is 1.10. The molecule has 1 aromatic heterocycles. The summed E-state index contributed by atoms with van der Waals surface area (Å²) in [5, 5.41) is 9.69. The molecule has 0 aliphatic heterocycles. The van der Waals surface area contributed by atoms with Gasteiger partial charge in [0.1, 0.15) is 5.03 Å². The van der Waals surface area contributed by atoms with Crippen LogP contribution in [0.5, 0.6) is 0 Å². The normalized spacial score (nSPS) is 13.1. The van der Waals surface area contributed by atoms with E-state index in [1.165, 1.54) is 0 Å². The van der Waals surface area contributed by atoms with Crippen molar-refractivity contribution in [3.05, 3.63) is 17.6 Å². The quantitative estimate of drug-likeness (QED) is 0.852. The number of halogens is 1. The van der Waals surface area contributed by atoms with E-state index < -0.39 is 16.2 Å². The summed E-state index contributed by atoms with van der Waals surface area (Å²) in [5.41, 5.74) is 0.383. The molecule has 4 nitrogen and oxygen atoms in total. The second-order valence-corrected chi connectivity index (χ2v) is 6.85. The lowest BCUT2D eigenvalue weighted by atomic mass is 9.92. The topological polar surface area (TPSA) is 66.6 Å². The molecule has 0 amide bonds. The second-order valence-electron chi connectivity index (χ2n) is 3.96. The summed E-state index contributed by atoms with van der Waals surface area (Å²) in [4.78, 5) is 8.41. The van der Waals surface area contributed by atoms with Crippen LogP contribution in [0.4, 0.5) is 0 Å². The maximum Gasteiger partial charge on any atom is 0.149 e. The van der Waals surface area contributed by atoms with Crippen molar-refractivity contribution in [2.45, 2.75) is 31.2 Å². The van der Waals surface area contributed by atoms with Gasteiger partial charge in [-0.1, -0.05) is 0 Å². The first-order valence-electron chi connectivity index (χ1n) is 4.79. The molecule has 0 bridgehead atoms. The van der Waals surface area contributed by atoms with E-state index in [4.69, 9.17) is 15.9 Å². The van der Waals surface area contributed by atoms with Crippen molar-refractivity contribution in [2.75, 3.05) is 5.08 Å². The lowest BCUT2D eigenvalue weighted by molar-refractivity contribution is 0.635. The van der Waals surface area contributed by atoms with Crippen molar-refractivity contribution in [1.82, 2.24) is 9.97 Å². The van der Waals surface area contributed by atoms with Crippen molar-refractivity contribution in [3.63, 3.8) is 0 Å². The lowest BCUT2D eigenvalue weighted by Crippen LogP contribution is -2.18. The molecule has 0 radical (unpaired) electrons. The van der Waals surface area contributed by atoms with Gasteiger partial charge in [-0.3, -0.25) is 9.19 Å². The van der Waals surface area contributed by atoms with Gasteiger partial charge in [0, 0.05) is 0 Å². The van der Waals surface area contributed by atoms with Gasteiger partial charge in [-0.2, -0.15) is 5.26 Å². The molecule has 0 aromatic carbocycles. The second kappa shape index (κ2) is 5.80. The minimum Gasteiger partial charge on any atom is -0.257 e. The number of hydrogen-bond donors (Lipinski definition) is 0. The zero-order chi connectivity index (χ0) is 13.1. The Morgan fingerprint density at radius 1 is 1.65 bits per heavy atom. The maximum absolute atomic E-state index is 11.9. The van der Waals surface area contributed by atoms with E-state index in [2.05, 4.69) is 16.0 Å². The van der Waals surface area contributed by atoms with Crippen LogP contribution in [0, 0.1) is 18.3 Å². The Bertz CT molecular complexity index is 485. The van der Waals surface area contributed by atoms with Crippen LogP contribution in [0.15, 0.2) is 11.2 Å². The first kappa shape index (κ1) is 14.4. The summed E-state index contributed by atoms with van der Waals surface area (Å²) in [6.45, 7) is 5.23. The van der Waals surface area contributed by atoms with Crippen molar-refractivity contribution in [1.29, 1.82) is 5.26 Å². The molecule has 0 saturated carbocycles. The van der Waals surface area contributed by atoms with Gasteiger partial charge in [-0.25, -0.2) is 4.98 Å². The molecule has 0 fully saturated rings. The van der Waals surface area contributed by atoms with Crippen LogP contribution in [0.3, 0.4) is 0 Å². The minimum absolute atomic E-state index is 0.257. The predicted molar refractivity (Wildman–Crippen MR) is 70.1 cm³/mol. The Labute approximate surface area is 112 Å². The average molecular weight is 290 g/mol. The Morgan fingerprint density at radius 3 is 2.82 bits per heavy atom. The van der Waals surface area contributed by atoms with Crippen molar-refractivity contribution < 1.29 is 4.21 Å². The monoisotopic (exact) mass is 289 g/mol. The van der Waals surface area contributed by atoms with Crippen LogP contribution < -0.4 is 0 Å². The molecule has 1 rings (SSSR count). The number of hydrogen-bond acceptors (Lipinski definition) is 5. The summed E-state index contributed by atoms with van der Waals surface area (Å²) in [6, 6.07) is 2.14. The van der Waals surface area contributed by atoms with Crippen LogP contribution in [0.2, 0.25) is 0 Å². The molecule has 17 heavy (non-hydrogen) atoms. The first-order chi connectivity index (χ1) is 7.92. The van der Waals surface area contributed by atoms with Crippen molar-refractivity contribution in [3.8, 4) is 6.07 Å². The fraction of sp³-hybridized carbons (Fsp3) is 0.500.